The fourth-order valence-electron chi connectivity index (χ4n) is 7.17. The van der Waals surface area contributed by atoms with E-state index in [0.717, 1.165) is 0 Å². The zero-order valence-corrected chi connectivity index (χ0v) is 20.8. The van der Waals surface area contributed by atoms with Gasteiger partial charge in [0.15, 0.2) is 23.4 Å². The van der Waals surface area contributed by atoms with E-state index in [1.54, 1.807) is 18.2 Å². The van der Waals surface area contributed by atoms with Crippen LogP contribution in [0.25, 0.3) is 11.5 Å². The third-order valence-corrected chi connectivity index (χ3v) is 8.68. The van der Waals surface area contributed by atoms with Crippen LogP contribution in [-0.4, -0.2) is 36.9 Å². The molecule has 7 atom stereocenters. The summed E-state index contributed by atoms with van der Waals surface area (Å²) in [6, 6.07) is 5.23. The minimum Gasteiger partial charge on any atom is -0.469 e. The van der Waals surface area contributed by atoms with Gasteiger partial charge in [-0.15, -0.1) is 0 Å². The largest absolute Gasteiger partial charge is 0.469 e. The molecule has 3 fully saturated rings. The van der Waals surface area contributed by atoms with E-state index >= 15 is 0 Å². The zero-order chi connectivity index (χ0) is 25.8. The molecule has 0 spiro atoms. The van der Waals surface area contributed by atoms with E-state index in [1.165, 1.54) is 26.6 Å². The van der Waals surface area contributed by atoms with Crippen LogP contribution in [0, 0.1) is 28.6 Å². The number of ether oxygens (including phenoxy) is 3. The second kappa shape index (κ2) is 8.64. The van der Waals surface area contributed by atoms with Crippen molar-refractivity contribution in [3.05, 3.63) is 36.3 Å². The summed E-state index contributed by atoms with van der Waals surface area (Å²) >= 11 is 0. The van der Waals surface area contributed by atoms with Crippen LogP contribution < -0.4 is 0 Å². The Morgan fingerprint density at radius 3 is 2.53 bits per heavy atom. The van der Waals surface area contributed by atoms with Gasteiger partial charge in [-0.25, -0.2) is 0 Å². The van der Waals surface area contributed by atoms with Crippen molar-refractivity contribution in [3.63, 3.8) is 0 Å². The maximum atomic E-state index is 14.0. The van der Waals surface area contributed by atoms with E-state index in [1.807, 2.05) is 13.8 Å². The van der Waals surface area contributed by atoms with Gasteiger partial charge >= 0.3 is 17.9 Å². The van der Waals surface area contributed by atoms with Crippen LogP contribution in [-0.2, 0) is 33.4 Å². The molecule has 36 heavy (non-hydrogen) atoms. The third kappa shape index (κ3) is 3.59. The van der Waals surface area contributed by atoms with Gasteiger partial charge in [0.2, 0.25) is 0 Å². The minimum absolute atomic E-state index is 0.0665. The first-order valence-electron chi connectivity index (χ1n) is 12.2. The van der Waals surface area contributed by atoms with Gasteiger partial charge in [-0.3, -0.25) is 19.2 Å². The maximum absolute atomic E-state index is 14.0. The summed E-state index contributed by atoms with van der Waals surface area (Å²) < 4.78 is 27.6. The molecule has 1 saturated heterocycles. The maximum Gasteiger partial charge on any atom is 0.310 e. The molecule has 2 aromatic rings. The molecule has 2 aliphatic carbocycles. The summed E-state index contributed by atoms with van der Waals surface area (Å²) in [4.78, 5) is 52.1. The Morgan fingerprint density at radius 1 is 1.08 bits per heavy atom. The Bertz CT molecular complexity index is 1190. The number of carbonyl (C=O) groups is 4. The average Bonchev–Trinajstić information content (AvgIpc) is 3.51. The normalized spacial score (nSPS) is 35.8. The van der Waals surface area contributed by atoms with Crippen molar-refractivity contribution in [1.29, 1.82) is 0 Å². The molecule has 192 valence electrons. The van der Waals surface area contributed by atoms with E-state index in [4.69, 9.17) is 23.0 Å². The number of fused-ring (bicyclic) bond motifs is 3. The van der Waals surface area contributed by atoms with Gasteiger partial charge in [0.25, 0.3) is 0 Å². The van der Waals surface area contributed by atoms with Crippen molar-refractivity contribution in [1.82, 2.24) is 0 Å². The van der Waals surface area contributed by atoms with Crippen LogP contribution in [0.5, 0.6) is 0 Å². The number of rotatable bonds is 4. The van der Waals surface area contributed by atoms with Crippen molar-refractivity contribution in [3.8, 4) is 11.5 Å². The molecule has 0 bridgehead atoms. The Labute approximate surface area is 208 Å². The first-order chi connectivity index (χ1) is 17.1. The lowest BCUT2D eigenvalue weighted by molar-refractivity contribution is -0.210. The predicted octanol–water partition coefficient (Wildman–Crippen LogP) is 4.26. The van der Waals surface area contributed by atoms with Crippen molar-refractivity contribution in [2.75, 3.05) is 7.11 Å². The number of furan rings is 2. The molecule has 0 radical (unpaired) electrons. The zero-order valence-electron chi connectivity index (χ0n) is 20.8. The number of hydrogen-bond acceptors (Lipinski definition) is 9. The summed E-state index contributed by atoms with van der Waals surface area (Å²) in [5, 5.41) is 0. The second-order valence-corrected chi connectivity index (χ2v) is 10.7. The molecule has 0 unspecified atom stereocenters. The number of Topliss-reactive ketones (excluding diaryl/α,β-unsaturated/α-hetero) is 1. The topological polar surface area (TPSA) is 122 Å². The summed E-state index contributed by atoms with van der Waals surface area (Å²) in [7, 11) is 1.31. The first kappa shape index (κ1) is 24.3. The molecule has 1 aliphatic heterocycles. The molecule has 0 amide bonds. The van der Waals surface area contributed by atoms with Gasteiger partial charge in [-0.2, -0.15) is 0 Å². The highest BCUT2D eigenvalue weighted by atomic mass is 16.6. The van der Waals surface area contributed by atoms with E-state index in [9.17, 15) is 19.2 Å². The molecule has 0 aromatic carbocycles. The highest BCUT2D eigenvalue weighted by Gasteiger charge is 2.68. The summed E-state index contributed by atoms with van der Waals surface area (Å²) in [5.41, 5.74) is -0.976. The van der Waals surface area contributed by atoms with Crippen LogP contribution >= 0.6 is 0 Å². The predicted molar refractivity (Wildman–Crippen MR) is 123 cm³/mol. The lowest BCUT2D eigenvalue weighted by atomic mass is 9.43. The molecule has 9 nitrogen and oxygen atoms in total. The third-order valence-electron chi connectivity index (χ3n) is 8.68. The Kier molecular flexibility index (Phi) is 5.84. The van der Waals surface area contributed by atoms with Crippen molar-refractivity contribution < 1.29 is 42.2 Å². The molecular weight excluding hydrogens is 468 g/mol. The highest BCUT2D eigenvalue weighted by Crippen LogP contribution is 2.65. The molecule has 3 heterocycles. The SMILES string of the molecule is COC(=O)[C@@H]1C[C@H](OC(C)=O)C(=O)[C@H]2[C@@]1(C)CC[C@H]1C(=O)O[C@H](c3ccoc3-c3ccco3)C[C@]21C. The first-order valence-corrected chi connectivity index (χ1v) is 12.2. The number of hydrogen-bond donors (Lipinski definition) is 0. The molecule has 0 N–H and O–H groups in total. The molecule has 2 aromatic heterocycles. The minimum atomic E-state index is -1.08. The molecule has 3 aliphatic rings. The van der Waals surface area contributed by atoms with Gasteiger partial charge in [0.05, 0.1) is 31.5 Å². The number of methoxy groups -OCH3 is 1. The van der Waals surface area contributed by atoms with Gasteiger partial charge < -0.3 is 23.0 Å². The smallest absolute Gasteiger partial charge is 0.310 e. The molecule has 9 heteroatoms. The van der Waals surface area contributed by atoms with E-state index in [2.05, 4.69) is 0 Å². The monoisotopic (exact) mass is 498 g/mol. The second-order valence-electron chi connectivity index (χ2n) is 10.7. The summed E-state index contributed by atoms with van der Waals surface area (Å²) in [5.74, 6) is -2.65. The van der Waals surface area contributed by atoms with Crippen molar-refractivity contribution in [2.24, 2.45) is 28.6 Å². The van der Waals surface area contributed by atoms with E-state index < -0.39 is 52.7 Å². The lowest BCUT2D eigenvalue weighted by Gasteiger charge is -2.61. The fraction of sp³-hybridized carbons (Fsp3) is 0.556. The van der Waals surface area contributed by atoms with E-state index in [-0.39, 0.29) is 18.2 Å². The van der Waals surface area contributed by atoms with Crippen LogP contribution in [0.3, 0.4) is 0 Å². The summed E-state index contributed by atoms with van der Waals surface area (Å²) in [6.45, 7) is 5.08. The molecular formula is C27H30O9. The van der Waals surface area contributed by atoms with Crippen molar-refractivity contribution >= 4 is 23.7 Å². The highest BCUT2D eigenvalue weighted by molar-refractivity contribution is 5.93. The fourth-order valence-corrected chi connectivity index (χ4v) is 7.17. The van der Waals surface area contributed by atoms with Gasteiger partial charge in [-0.1, -0.05) is 13.8 Å². The van der Waals surface area contributed by atoms with Gasteiger partial charge in [0.1, 0.15) is 6.10 Å². The van der Waals surface area contributed by atoms with Crippen LogP contribution in [0.2, 0.25) is 0 Å². The summed E-state index contributed by atoms with van der Waals surface area (Å²) in [6.07, 6.45) is 2.63. The number of ketones is 1. The Morgan fingerprint density at radius 2 is 1.86 bits per heavy atom. The standard InChI is InChI=1S/C27H30O9/c1-14(28)35-19-12-17(24(30)32-4)26(2)9-7-16-25(31)36-20(13-27(16,3)23(26)21(19)29)15-8-11-34-22(15)18-6-5-10-33-18/h5-6,8,10-11,16-17,19-20,23H,7,9,12-13H2,1-4H3/t16-,17-,19-,20-,23-,26-,27-/m0/s1. The Balaban J connectivity index is 1.58. The van der Waals surface area contributed by atoms with Crippen LogP contribution in [0.15, 0.2) is 39.6 Å². The van der Waals surface area contributed by atoms with Gasteiger partial charge in [0, 0.05) is 24.8 Å². The molecule has 2 saturated carbocycles. The molecule has 5 rings (SSSR count). The van der Waals surface area contributed by atoms with E-state index in [0.29, 0.717) is 36.3 Å². The van der Waals surface area contributed by atoms with Gasteiger partial charge in [-0.05, 0) is 48.3 Å². The average molecular weight is 499 g/mol. The number of esters is 3. The van der Waals surface area contributed by atoms with Crippen LogP contribution in [0.1, 0.15) is 58.1 Å². The quantitative estimate of drug-likeness (QED) is 0.449. The number of carbonyl (C=O) groups excluding carboxylic acids is 4. The lowest BCUT2D eigenvalue weighted by Crippen LogP contribution is -2.64. The van der Waals surface area contributed by atoms with Crippen molar-refractivity contribution in [2.45, 2.75) is 58.7 Å². The Hall–Kier alpha value is -3.36. The van der Waals surface area contributed by atoms with Crippen LogP contribution in [0.4, 0.5) is 0 Å². The number of cyclic esters (lactones) is 1.